The lowest BCUT2D eigenvalue weighted by atomic mass is 10.2. The highest BCUT2D eigenvalue weighted by Gasteiger charge is 2.49. The molecule has 124 valence electrons. The summed E-state index contributed by atoms with van der Waals surface area (Å²) in [6.07, 6.45) is 0.305. The molecule has 9 heteroatoms. The first kappa shape index (κ1) is 17.3. The second-order valence-corrected chi connectivity index (χ2v) is 10.1. The van der Waals surface area contributed by atoms with Gasteiger partial charge >= 0.3 is 0 Å². The molecule has 5 nitrogen and oxygen atoms in total. The van der Waals surface area contributed by atoms with Crippen molar-refractivity contribution in [3.8, 4) is 0 Å². The Hall–Kier alpha value is -0.570. The molecule has 2 aliphatic heterocycles. The molecule has 1 aromatic carbocycles. The van der Waals surface area contributed by atoms with Crippen LogP contribution in [0.25, 0.3) is 0 Å². The van der Waals surface area contributed by atoms with Crippen molar-refractivity contribution in [3.63, 3.8) is 0 Å². The van der Waals surface area contributed by atoms with Gasteiger partial charge < -0.3 is 4.90 Å². The fraction of sp³-hybridized carbons (Fsp3) is 0.429. The Morgan fingerprint density at radius 1 is 1.48 bits per heavy atom. The molecule has 2 saturated heterocycles. The number of sulfone groups is 1. The summed E-state index contributed by atoms with van der Waals surface area (Å²) in [6, 6.07) is 5.15. The predicted molar refractivity (Wildman–Crippen MR) is 98.2 cm³/mol. The van der Waals surface area contributed by atoms with Gasteiger partial charge in [-0.1, -0.05) is 46.2 Å². The maximum atomic E-state index is 12.0. The number of fused-ring (bicyclic) bond motifs is 1. The van der Waals surface area contributed by atoms with E-state index in [1.807, 2.05) is 17.0 Å². The van der Waals surface area contributed by atoms with Crippen molar-refractivity contribution < 1.29 is 13.2 Å². The van der Waals surface area contributed by atoms with E-state index in [2.05, 4.69) is 20.9 Å². The Bertz CT molecular complexity index is 797. The number of hydrogen-bond donors (Lipinski definition) is 0. The molecular formula is C14H14BrClN2O3S2. The van der Waals surface area contributed by atoms with E-state index in [0.717, 1.165) is 4.47 Å². The molecule has 0 spiro atoms. The Morgan fingerprint density at radius 2 is 2.22 bits per heavy atom. The van der Waals surface area contributed by atoms with Gasteiger partial charge in [-0.05, 0) is 18.2 Å². The van der Waals surface area contributed by atoms with E-state index in [9.17, 15) is 13.2 Å². The highest BCUT2D eigenvalue weighted by molar-refractivity contribution is 9.10. The summed E-state index contributed by atoms with van der Waals surface area (Å²) < 4.78 is 24.7. The Kier molecular flexibility index (Phi) is 4.79. The summed E-state index contributed by atoms with van der Waals surface area (Å²) in [5.41, 5.74) is 0.676. The highest BCUT2D eigenvalue weighted by atomic mass is 79.9. The minimum atomic E-state index is -3.08. The number of nitrogens with zero attached hydrogens (tertiary/aromatic N) is 2. The first-order valence-corrected chi connectivity index (χ1v) is 10.9. The van der Waals surface area contributed by atoms with Gasteiger partial charge in [0.25, 0.3) is 0 Å². The van der Waals surface area contributed by atoms with Crippen molar-refractivity contribution >= 4 is 65.9 Å². The first-order chi connectivity index (χ1) is 10.8. The zero-order chi connectivity index (χ0) is 16.8. The van der Waals surface area contributed by atoms with E-state index < -0.39 is 9.84 Å². The lowest BCUT2D eigenvalue weighted by Crippen LogP contribution is -2.37. The standard InChI is InChI=1S/C14H14BrClN2O3S2/c1-2-13(19)17-14-18(10-4-3-8(15)5-9(10)16)11-6-23(20,21)7-12(11)22-14/h3-5,11-12H,2,6-7H2,1H3/t11-,12+/m1/s1. The largest absolute Gasteiger partial charge is 0.314 e. The number of thioether (sulfide) groups is 1. The summed E-state index contributed by atoms with van der Waals surface area (Å²) in [6.45, 7) is 1.74. The van der Waals surface area contributed by atoms with Gasteiger partial charge in [0.05, 0.1) is 28.3 Å². The van der Waals surface area contributed by atoms with Crippen LogP contribution in [0.3, 0.4) is 0 Å². The van der Waals surface area contributed by atoms with Crippen molar-refractivity contribution in [1.29, 1.82) is 0 Å². The fourth-order valence-electron chi connectivity index (χ4n) is 2.71. The summed E-state index contributed by atoms with van der Waals surface area (Å²) in [5, 5.41) is 0.899. The van der Waals surface area contributed by atoms with E-state index in [-0.39, 0.29) is 28.7 Å². The van der Waals surface area contributed by atoms with Crippen molar-refractivity contribution in [2.75, 3.05) is 16.4 Å². The van der Waals surface area contributed by atoms with Crippen LogP contribution in [-0.4, -0.2) is 42.3 Å². The molecule has 2 heterocycles. The molecule has 1 aromatic rings. The smallest absolute Gasteiger partial charge is 0.247 e. The van der Waals surface area contributed by atoms with E-state index >= 15 is 0 Å². The van der Waals surface area contributed by atoms with E-state index in [1.54, 1.807) is 13.0 Å². The number of aliphatic imine (C=N–C) groups is 1. The van der Waals surface area contributed by atoms with Crippen LogP contribution in [0, 0.1) is 0 Å². The van der Waals surface area contributed by atoms with Crippen LogP contribution in [0.1, 0.15) is 13.3 Å². The number of anilines is 1. The minimum Gasteiger partial charge on any atom is -0.314 e. The zero-order valence-corrected chi connectivity index (χ0v) is 16.2. The number of amidine groups is 1. The Morgan fingerprint density at radius 3 is 2.87 bits per heavy atom. The number of halogens is 2. The van der Waals surface area contributed by atoms with Gasteiger partial charge in [-0.15, -0.1) is 0 Å². The third-order valence-corrected chi connectivity index (χ3v) is 7.76. The SMILES string of the molecule is CCC(=O)N=C1S[C@H]2CS(=O)(=O)C[C@H]2N1c1ccc(Br)cc1Cl. The molecule has 23 heavy (non-hydrogen) atoms. The molecule has 2 aliphatic rings. The molecule has 2 fully saturated rings. The van der Waals surface area contributed by atoms with Crippen molar-refractivity contribution in [2.45, 2.75) is 24.6 Å². The summed E-state index contributed by atoms with van der Waals surface area (Å²) >= 11 is 11.0. The number of carbonyl (C=O) groups is 1. The van der Waals surface area contributed by atoms with Crippen LogP contribution < -0.4 is 4.90 Å². The highest BCUT2D eigenvalue weighted by Crippen LogP contribution is 2.43. The molecule has 3 rings (SSSR count). The third kappa shape index (κ3) is 3.45. The van der Waals surface area contributed by atoms with Gasteiger partial charge in [0.1, 0.15) is 0 Å². The average molecular weight is 438 g/mol. The number of benzene rings is 1. The molecule has 0 aromatic heterocycles. The second-order valence-electron chi connectivity index (χ2n) is 5.41. The molecule has 1 amide bonds. The second kappa shape index (κ2) is 6.38. The van der Waals surface area contributed by atoms with E-state index in [1.165, 1.54) is 11.8 Å². The molecular weight excluding hydrogens is 424 g/mol. The lowest BCUT2D eigenvalue weighted by molar-refractivity contribution is -0.117. The van der Waals surface area contributed by atoms with Gasteiger partial charge in [0.2, 0.25) is 5.91 Å². The van der Waals surface area contributed by atoms with Crippen LogP contribution in [-0.2, 0) is 14.6 Å². The van der Waals surface area contributed by atoms with Gasteiger partial charge in [-0.25, -0.2) is 8.42 Å². The van der Waals surface area contributed by atoms with Crippen LogP contribution in [0.2, 0.25) is 5.02 Å². The number of rotatable bonds is 2. The number of hydrogen-bond acceptors (Lipinski definition) is 4. The van der Waals surface area contributed by atoms with Gasteiger partial charge in [-0.3, -0.25) is 4.79 Å². The summed E-state index contributed by atoms with van der Waals surface area (Å²) in [4.78, 5) is 17.7. The van der Waals surface area contributed by atoms with Gasteiger partial charge in [0.15, 0.2) is 15.0 Å². The fourth-order valence-corrected chi connectivity index (χ4v) is 7.40. The minimum absolute atomic E-state index is 0.0520. The maximum absolute atomic E-state index is 12.0. The van der Waals surface area contributed by atoms with Crippen LogP contribution in [0.5, 0.6) is 0 Å². The predicted octanol–water partition coefficient (Wildman–Crippen LogP) is 3.11. The first-order valence-electron chi connectivity index (χ1n) is 7.03. The lowest BCUT2D eigenvalue weighted by Gasteiger charge is -2.25. The zero-order valence-electron chi connectivity index (χ0n) is 12.2. The molecule has 0 saturated carbocycles. The number of carbonyl (C=O) groups excluding carboxylic acids is 1. The monoisotopic (exact) mass is 436 g/mol. The Labute approximate surface area is 152 Å². The van der Waals surface area contributed by atoms with E-state index in [4.69, 9.17) is 11.6 Å². The van der Waals surface area contributed by atoms with Gasteiger partial charge in [0, 0.05) is 16.1 Å². The van der Waals surface area contributed by atoms with Crippen LogP contribution in [0.4, 0.5) is 5.69 Å². The van der Waals surface area contributed by atoms with E-state index in [0.29, 0.717) is 22.3 Å². The van der Waals surface area contributed by atoms with Gasteiger partial charge in [-0.2, -0.15) is 4.99 Å². The summed E-state index contributed by atoms with van der Waals surface area (Å²) in [7, 11) is -3.08. The summed E-state index contributed by atoms with van der Waals surface area (Å²) in [5.74, 6) is -0.0727. The molecule has 0 unspecified atom stereocenters. The average Bonchev–Trinajstić information content (AvgIpc) is 2.91. The Balaban J connectivity index is 2.06. The molecule has 2 atom stereocenters. The number of amides is 1. The third-order valence-electron chi connectivity index (χ3n) is 3.76. The van der Waals surface area contributed by atoms with Crippen molar-refractivity contribution in [1.82, 2.24) is 0 Å². The van der Waals surface area contributed by atoms with Crippen LogP contribution in [0.15, 0.2) is 27.7 Å². The van der Waals surface area contributed by atoms with Crippen molar-refractivity contribution in [3.05, 3.63) is 27.7 Å². The van der Waals surface area contributed by atoms with Crippen molar-refractivity contribution in [2.24, 2.45) is 4.99 Å². The normalized spacial score (nSPS) is 27.4. The molecule has 0 aliphatic carbocycles. The molecule has 0 bridgehead atoms. The molecule has 0 radical (unpaired) electrons. The molecule has 0 N–H and O–H groups in total. The quantitative estimate of drug-likeness (QED) is 0.711. The van der Waals surface area contributed by atoms with Crippen LogP contribution >= 0.6 is 39.3 Å². The maximum Gasteiger partial charge on any atom is 0.247 e. The topological polar surface area (TPSA) is 66.8 Å².